The number of phenols is 1. The van der Waals surface area contributed by atoms with Crippen molar-refractivity contribution in [2.75, 3.05) is 12.3 Å². The van der Waals surface area contributed by atoms with Gasteiger partial charge in [0.25, 0.3) is 0 Å². The summed E-state index contributed by atoms with van der Waals surface area (Å²) >= 11 is 0. The summed E-state index contributed by atoms with van der Waals surface area (Å²) in [7, 11) is 0. The lowest BCUT2D eigenvalue weighted by Crippen LogP contribution is -2.05. The topological polar surface area (TPSA) is 92.2 Å². The number of phenolic OH excluding ortho intramolecular Hbond substituents is 1. The predicted octanol–water partition coefficient (Wildman–Crippen LogP) is 3.99. The summed E-state index contributed by atoms with van der Waals surface area (Å²) in [6.07, 6.45) is 5.27. The molecule has 1 aliphatic heterocycles. The number of rotatable bonds is 2. The van der Waals surface area contributed by atoms with Gasteiger partial charge in [-0.25, -0.2) is 4.98 Å². The van der Waals surface area contributed by atoms with Crippen molar-refractivity contribution in [2.24, 2.45) is 0 Å². The van der Waals surface area contributed by atoms with Crippen molar-refractivity contribution >= 4 is 22.2 Å². The first kappa shape index (κ1) is 15.7. The zero-order chi connectivity index (χ0) is 18.1. The van der Waals surface area contributed by atoms with Gasteiger partial charge in [-0.3, -0.25) is 0 Å². The molecule has 0 saturated heterocycles. The van der Waals surface area contributed by atoms with Crippen LogP contribution in [0.2, 0.25) is 0 Å². The molecule has 0 aliphatic carbocycles. The maximum absolute atomic E-state index is 10.3. The molecule has 0 amide bonds. The summed E-state index contributed by atoms with van der Waals surface area (Å²) in [5, 5.41) is 21.5. The number of nitrogen functional groups attached to an aromatic ring is 1. The van der Waals surface area contributed by atoms with E-state index in [2.05, 4.69) is 11.1 Å². The predicted molar refractivity (Wildman–Crippen MR) is 101 cm³/mol. The van der Waals surface area contributed by atoms with Crippen LogP contribution in [-0.4, -0.2) is 16.7 Å². The van der Waals surface area contributed by atoms with Gasteiger partial charge in [0.15, 0.2) is 0 Å². The summed E-state index contributed by atoms with van der Waals surface area (Å²) < 4.78 is 5.35. The number of ether oxygens (including phenoxy) is 1. The third-order valence-corrected chi connectivity index (χ3v) is 4.37. The minimum absolute atomic E-state index is 0.155. The third-order valence-electron chi connectivity index (χ3n) is 4.37. The highest BCUT2D eigenvalue weighted by atomic mass is 16.5. The summed E-state index contributed by atoms with van der Waals surface area (Å²) in [5.74, 6) is 0.329. The number of anilines is 1. The molecular formula is C21H15N3O2. The van der Waals surface area contributed by atoms with Gasteiger partial charge in [-0.2, -0.15) is 5.26 Å². The fourth-order valence-electron chi connectivity index (χ4n) is 3.17. The smallest absolute Gasteiger partial charge is 0.142 e. The van der Waals surface area contributed by atoms with Crippen LogP contribution < -0.4 is 5.73 Å². The fourth-order valence-corrected chi connectivity index (χ4v) is 3.17. The van der Waals surface area contributed by atoms with Crippen molar-refractivity contribution < 1.29 is 9.84 Å². The van der Waals surface area contributed by atoms with E-state index in [4.69, 9.17) is 10.5 Å². The number of hydrogen-bond donors (Lipinski definition) is 2. The Hall–Kier alpha value is -3.78. The second-order valence-electron chi connectivity index (χ2n) is 5.94. The highest BCUT2D eigenvalue weighted by molar-refractivity contribution is 6.00. The van der Waals surface area contributed by atoms with Gasteiger partial charge in [0.05, 0.1) is 12.0 Å². The molecule has 0 saturated carbocycles. The highest BCUT2D eigenvalue weighted by Gasteiger charge is 2.17. The molecule has 5 nitrogen and oxygen atoms in total. The zero-order valence-corrected chi connectivity index (χ0v) is 13.8. The van der Waals surface area contributed by atoms with Gasteiger partial charge in [-0.15, -0.1) is 0 Å². The van der Waals surface area contributed by atoms with Crippen LogP contribution >= 0.6 is 0 Å². The van der Waals surface area contributed by atoms with Crippen molar-refractivity contribution in [3.05, 3.63) is 72.0 Å². The SMILES string of the molecule is N#Cc1c(C2=CC=COC2)cc(-c2cccc3cccc(O)c23)nc1N. The van der Waals surface area contributed by atoms with Crippen LogP contribution in [0.5, 0.6) is 5.75 Å². The van der Waals surface area contributed by atoms with E-state index >= 15 is 0 Å². The van der Waals surface area contributed by atoms with Gasteiger partial charge in [-0.1, -0.05) is 36.4 Å². The van der Waals surface area contributed by atoms with Crippen LogP contribution in [0.4, 0.5) is 5.82 Å². The van der Waals surface area contributed by atoms with E-state index < -0.39 is 0 Å². The first-order valence-electron chi connectivity index (χ1n) is 8.08. The van der Waals surface area contributed by atoms with E-state index in [-0.39, 0.29) is 11.6 Å². The first-order chi connectivity index (χ1) is 12.7. The number of nitriles is 1. The van der Waals surface area contributed by atoms with Crippen LogP contribution in [0.1, 0.15) is 11.1 Å². The molecule has 2 heterocycles. The average Bonchev–Trinajstić information content (AvgIpc) is 2.68. The van der Waals surface area contributed by atoms with Crippen molar-refractivity contribution in [1.82, 2.24) is 4.98 Å². The second-order valence-corrected chi connectivity index (χ2v) is 5.94. The average molecular weight is 341 g/mol. The van der Waals surface area contributed by atoms with Gasteiger partial charge in [0.2, 0.25) is 0 Å². The molecule has 0 radical (unpaired) electrons. The van der Waals surface area contributed by atoms with E-state index in [9.17, 15) is 10.4 Å². The van der Waals surface area contributed by atoms with Gasteiger partial charge in [0, 0.05) is 16.5 Å². The molecule has 3 N–H and O–H groups in total. The molecule has 1 aliphatic rings. The normalized spacial score (nSPS) is 13.1. The molecule has 26 heavy (non-hydrogen) atoms. The molecule has 2 aromatic carbocycles. The van der Waals surface area contributed by atoms with E-state index in [1.54, 1.807) is 24.5 Å². The molecule has 3 aromatic rings. The summed E-state index contributed by atoms with van der Waals surface area (Å²) in [6.45, 7) is 0.356. The number of benzene rings is 2. The molecule has 5 heteroatoms. The standard InChI is InChI=1S/C21H15N3O2/c22-11-17-16(14-6-3-9-26-12-14)10-18(24-21(17)23)15-7-1-4-13-5-2-8-19(25)20(13)15/h1-10,25H,12H2,(H2,23,24). The monoisotopic (exact) mass is 341 g/mol. The Morgan fingerprint density at radius 1 is 1.15 bits per heavy atom. The number of allylic oxidation sites excluding steroid dienone is 2. The highest BCUT2D eigenvalue weighted by Crippen LogP contribution is 2.36. The van der Waals surface area contributed by atoms with E-state index in [0.717, 1.165) is 16.5 Å². The Bertz CT molecular complexity index is 1120. The second kappa shape index (κ2) is 6.26. The molecule has 0 atom stereocenters. The Balaban J connectivity index is 2.00. The molecule has 0 unspecified atom stereocenters. The lowest BCUT2D eigenvalue weighted by Gasteiger charge is -2.15. The molecule has 4 rings (SSSR count). The fraction of sp³-hybridized carbons (Fsp3) is 0.0476. The van der Waals surface area contributed by atoms with Crippen molar-refractivity contribution in [3.8, 4) is 23.1 Å². The maximum Gasteiger partial charge on any atom is 0.142 e. The van der Waals surface area contributed by atoms with Gasteiger partial charge in [0.1, 0.15) is 29.8 Å². The van der Waals surface area contributed by atoms with Crippen LogP contribution in [0, 0.1) is 11.3 Å². The number of aromatic nitrogens is 1. The molecular weight excluding hydrogens is 326 g/mol. The Labute approximate surface area is 150 Å². The first-order valence-corrected chi connectivity index (χ1v) is 8.08. The van der Waals surface area contributed by atoms with Gasteiger partial charge in [-0.05, 0) is 29.2 Å². The minimum atomic E-state index is 0.155. The quantitative estimate of drug-likeness (QED) is 0.735. The van der Waals surface area contributed by atoms with Crippen molar-refractivity contribution in [1.29, 1.82) is 5.26 Å². The summed E-state index contributed by atoms with van der Waals surface area (Å²) in [4.78, 5) is 4.42. The number of aromatic hydroxyl groups is 1. The maximum atomic E-state index is 10.3. The van der Waals surface area contributed by atoms with E-state index in [0.29, 0.717) is 28.8 Å². The van der Waals surface area contributed by atoms with Crippen molar-refractivity contribution in [2.45, 2.75) is 0 Å². The molecule has 126 valence electrons. The van der Waals surface area contributed by atoms with Crippen LogP contribution in [-0.2, 0) is 4.74 Å². The number of fused-ring (bicyclic) bond motifs is 1. The minimum Gasteiger partial charge on any atom is -0.507 e. The van der Waals surface area contributed by atoms with Crippen molar-refractivity contribution in [3.63, 3.8) is 0 Å². The number of nitrogens with two attached hydrogens (primary N) is 1. The van der Waals surface area contributed by atoms with Crippen LogP contribution in [0.3, 0.4) is 0 Å². The largest absolute Gasteiger partial charge is 0.507 e. The Morgan fingerprint density at radius 2 is 1.96 bits per heavy atom. The number of pyridine rings is 1. The van der Waals surface area contributed by atoms with Crippen LogP contribution in [0.15, 0.2) is 60.9 Å². The molecule has 0 bridgehead atoms. The Morgan fingerprint density at radius 3 is 2.69 bits per heavy atom. The molecule has 1 aromatic heterocycles. The lowest BCUT2D eigenvalue weighted by atomic mass is 9.95. The van der Waals surface area contributed by atoms with Gasteiger partial charge >= 0.3 is 0 Å². The number of hydrogen-bond acceptors (Lipinski definition) is 5. The lowest BCUT2D eigenvalue weighted by molar-refractivity contribution is 0.293. The number of nitrogens with zero attached hydrogens (tertiary/aromatic N) is 2. The third kappa shape index (κ3) is 2.54. The van der Waals surface area contributed by atoms with E-state index in [1.165, 1.54) is 0 Å². The molecule has 0 fully saturated rings. The zero-order valence-electron chi connectivity index (χ0n) is 13.8. The van der Waals surface area contributed by atoms with Gasteiger partial charge < -0.3 is 15.6 Å². The van der Waals surface area contributed by atoms with E-state index in [1.807, 2.05) is 36.4 Å². The summed E-state index contributed by atoms with van der Waals surface area (Å²) in [5.41, 5.74) is 9.29. The van der Waals surface area contributed by atoms with Crippen LogP contribution in [0.25, 0.3) is 27.6 Å². The summed E-state index contributed by atoms with van der Waals surface area (Å²) in [6, 6.07) is 15.0. The Kier molecular flexibility index (Phi) is 3.79. The molecule has 0 spiro atoms.